The summed E-state index contributed by atoms with van der Waals surface area (Å²) in [6.07, 6.45) is 1.14. The fourth-order valence-corrected chi connectivity index (χ4v) is 3.24. The van der Waals surface area contributed by atoms with Gasteiger partial charge in [0.2, 0.25) is 0 Å². The van der Waals surface area contributed by atoms with Crippen molar-refractivity contribution in [2.24, 2.45) is 0 Å². The topological polar surface area (TPSA) is 54.5 Å². The molecule has 0 fully saturated rings. The summed E-state index contributed by atoms with van der Waals surface area (Å²) in [5.41, 5.74) is 0.736. The highest BCUT2D eigenvalue weighted by molar-refractivity contribution is 9.10. The molecule has 0 spiro atoms. The van der Waals surface area contributed by atoms with Crippen LogP contribution in [0.2, 0.25) is 0 Å². The number of benzene rings is 2. The Bertz CT molecular complexity index is 866. The molecule has 0 aromatic heterocycles. The molecule has 0 saturated heterocycles. The normalized spacial score (nSPS) is 12.7. The Kier molecular flexibility index (Phi) is 5.45. The number of carbonyl (C=O) groups excluding carboxylic acids is 1. The SMILES string of the molecule is C[C@H](c1ccc(S(C)(=O)=O)cc1)N(C)C(=O)c1cc(Br)ccc1F. The molecule has 0 heterocycles. The second kappa shape index (κ2) is 7.03. The van der Waals surface area contributed by atoms with Gasteiger partial charge in [0.05, 0.1) is 16.5 Å². The molecule has 1 amide bonds. The van der Waals surface area contributed by atoms with Crippen LogP contribution in [0.3, 0.4) is 0 Å². The molecule has 7 heteroatoms. The summed E-state index contributed by atoms with van der Waals surface area (Å²) in [6.45, 7) is 1.79. The van der Waals surface area contributed by atoms with Gasteiger partial charge < -0.3 is 4.90 Å². The number of hydrogen-bond donors (Lipinski definition) is 0. The summed E-state index contributed by atoms with van der Waals surface area (Å²) in [4.78, 5) is 14.2. The van der Waals surface area contributed by atoms with Crippen LogP contribution in [0.5, 0.6) is 0 Å². The van der Waals surface area contributed by atoms with Crippen molar-refractivity contribution in [2.45, 2.75) is 17.9 Å². The Balaban J connectivity index is 2.27. The lowest BCUT2D eigenvalue weighted by atomic mass is 10.1. The minimum absolute atomic E-state index is 0.0218. The molecule has 1 atom stereocenters. The second-order valence-electron chi connectivity index (χ2n) is 5.56. The number of carbonyl (C=O) groups is 1. The fraction of sp³-hybridized carbons (Fsp3) is 0.235. The van der Waals surface area contributed by atoms with Crippen LogP contribution in [0.4, 0.5) is 4.39 Å². The van der Waals surface area contributed by atoms with E-state index in [0.29, 0.717) is 4.47 Å². The first-order valence-electron chi connectivity index (χ1n) is 7.13. The van der Waals surface area contributed by atoms with Crippen LogP contribution in [-0.4, -0.2) is 32.5 Å². The van der Waals surface area contributed by atoms with Crippen molar-refractivity contribution in [1.29, 1.82) is 0 Å². The number of amides is 1. The van der Waals surface area contributed by atoms with E-state index < -0.39 is 21.6 Å². The zero-order valence-electron chi connectivity index (χ0n) is 13.5. The Morgan fingerprint density at radius 3 is 2.29 bits per heavy atom. The van der Waals surface area contributed by atoms with Crippen molar-refractivity contribution in [2.75, 3.05) is 13.3 Å². The molecule has 2 rings (SSSR count). The van der Waals surface area contributed by atoms with Crippen molar-refractivity contribution in [3.05, 3.63) is 63.9 Å². The van der Waals surface area contributed by atoms with E-state index in [1.54, 1.807) is 26.1 Å². The van der Waals surface area contributed by atoms with E-state index in [1.807, 2.05) is 0 Å². The summed E-state index contributed by atoms with van der Waals surface area (Å²) >= 11 is 3.23. The van der Waals surface area contributed by atoms with Crippen molar-refractivity contribution in [3.8, 4) is 0 Å². The van der Waals surface area contributed by atoms with E-state index in [1.165, 1.54) is 35.2 Å². The molecule has 0 aliphatic carbocycles. The summed E-state index contributed by atoms with van der Waals surface area (Å²) in [5, 5.41) is 0. The number of sulfone groups is 1. The van der Waals surface area contributed by atoms with E-state index in [0.717, 1.165) is 11.8 Å². The molecule has 4 nitrogen and oxygen atoms in total. The highest BCUT2D eigenvalue weighted by Gasteiger charge is 2.22. The van der Waals surface area contributed by atoms with Gasteiger partial charge in [-0.05, 0) is 42.8 Å². The first-order valence-corrected chi connectivity index (χ1v) is 9.82. The van der Waals surface area contributed by atoms with Gasteiger partial charge in [-0.25, -0.2) is 12.8 Å². The van der Waals surface area contributed by atoms with Gasteiger partial charge in [0.25, 0.3) is 5.91 Å². The molecular formula is C17H17BrFNO3S. The number of hydrogen-bond acceptors (Lipinski definition) is 3. The van der Waals surface area contributed by atoms with Crippen molar-refractivity contribution in [1.82, 2.24) is 4.90 Å². The third-order valence-electron chi connectivity index (χ3n) is 3.85. The van der Waals surface area contributed by atoms with Gasteiger partial charge in [0.15, 0.2) is 9.84 Å². The number of halogens is 2. The van der Waals surface area contributed by atoms with Gasteiger partial charge in [-0.2, -0.15) is 0 Å². The predicted molar refractivity (Wildman–Crippen MR) is 94.2 cm³/mol. The van der Waals surface area contributed by atoms with Crippen LogP contribution < -0.4 is 0 Å². The molecule has 0 bridgehead atoms. The molecule has 0 saturated carbocycles. The maximum atomic E-state index is 13.9. The molecule has 0 N–H and O–H groups in total. The van der Waals surface area contributed by atoms with Crippen molar-refractivity contribution >= 4 is 31.7 Å². The van der Waals surface area contributed by atoms with Gasteiger partial charge in [-0.1, -0.05) is 28.1 Å². The largest absolute Gasteiger partial charge is 0.335 e. The van der Waals surface area contributed by atoms with Crippen LogP contribution in [0.1, 0.15) is 28.9 Å². The van der Waals surface area contributed by atoms with Crippen LogP contribution in [-0.2, 0) is 9.84 Å². The van der Waals surface area contributed by atoms with Crippen molar-refractivity contribution < 1.29 is 17.6 Å². The zero-order chi connectivity index (χ0) is 18.1. The van der Waals surface area contributed by atoms with Crippen LogP contribution in [0, 0.1) is 5.82 Å². The van der Waals surface area contributed by atoms with Crippen molar-refractivity contribution in [3.63, 3.8) is 0 Å². The lowest BCUT2D eigenvalue weighted by Crippen LogP contribution is -2.30. The first-order chi connectivity index (χ1) is 11.1. The Morgan fingerprint density at radius 1 is 1.17 bits per heavy atom. The van der Waals surface area contributed by atoms with E-state index in [4.69, 9.17) is 0 Å². The Morgan fingerprint density at radius 2 is 1.75 bits per heavy atom. The average Bonchev–Trinajstić information content (AvgIpc) is 2.54. The van der Waals surface area contributed by atoms with Crippen LogP contribution in [0.25, 0.3) is 0 Å². The quantitative estimate of drug-likeness (QED) is 0.765. The Labute approximate surface area is 149 Å². The lowest BCUT2D eigenvalue weighted by molar-refractivity contribution is 0.0737. The second-order valence-corrected chi connectivity index (χ2v) is 8.49. The van der Waals surface area contributed by atoms with Gasteiger partial charge in [-0.3, -0.25) is 4.79 Å². The Hall–Kier alpha value is -1.73. The third kappa shape index (κ3) is 4.02. The molecule has 0 aliphatic heterocycles. The molecule has 128 valence electrons. The smallest absolute Gasteiger partial charge is 0.257 e. The highest BCUT2D eigenvalue weighted by Crippen LogP contribution is 2.24. The van der Waals surface area contributed by atoms with E-state index >= 15 is 0 Å². The maximum absolute atomic E-state index is 13.9. The summed E-state index contributed by atoms with van der Waals surface area (Å²) < 4.78 is 37.5. The molecule has 24 heavy (non-hydrogen) atoms. The fourth-order valence-electron chi connectivity index (χ4n) is 2.24. The lowest BCUT2D eigenvalue weighted by Gasteiger charge is -2.26. The molecule has 0 aliphatic rings. The van der Waals surface area contributed by atoms with Gasteiger partial charge >= 0.3 is 0 Å². The number of nitrogens with zero attached hydrogens (tertiary/aromatic N) is 1. The standard InChI is InChI=1S/C17H17BrFNO3S/c1-11(12-4-7-14(8-5-12)24(3,22)23)20(2)17(21)15-10-13(18)6-9-16(15)19/h4-11H,1-3H3/t11-/m1/s1. The minimum atomic E-state index is -3.27. The van der Waals surface area contributed by atoms with Gasteiger partial charge in [-0.15, -0.1) is 0 Å². The molecular weight excluding hydrogens is 397 g/mol. The van der Waals surface area contributed by atoms with E-state index in [9.17, 15) is 17.6 Å². The highest BCUT2D eigenvalue weighted by atomic mass is 79.9. The van der Waals surface area contributed by atoms with Gasteiger partial charge in [0.1, 0.15) is 5.82 Å². The first kappa shape index (κ1) is 18.6. The maximum Gasteiger partial charge on any atom is 0.257 e. The van der Waals surface area contributed by atoms with Crippen LogP contribution in [0.15, 0.2) is 51.8 Å². The average molecular weight is 414 g/mol. The molecule has 2 aromatic carbocycles. The van der Waals surface area contributed by atoms with Gasteiger partial charge in [0, 0.05) is 17.8 Å². The summed E-state index contributed by atoms with van der Waals surface area (Å²) in [7, 11) is -1.69. The minimum Gasteiger partial charge on any atom is -0.335 e. The van der Waals surface area contributed by atoms with E-state index in [2.05, 4.69) is 15.9 Å². The predicted octanol–water partition coefficient (Wildman–Crippen LogP) is 3.82. The van der Waals surface area contributed by atoms with E-state index in [-0.39, 0.29) is 16.5 Å². The van der Waals surface area contributed by atoms with Crippen LogP contribution >= 0.6 is 15.9 Å². The molecule has 0 radical (unpaired) electrons. The third-order valence-corrected chi connectivity index (χ3v) is 5.47. The monoisotopic (exact) mass is 413 g/mol. The molecule has 0 unspecified atom stereocenters. The summed E-state index contributed by atoms with van der Waals surface area (Å²) in [6, 6.07) is 10.2. The molecule has 2 aromatic rings. The number of rotatable bonds is 4. The zero-order valence-corrected chi connectivity index (χ0v) is 15.9. The summed E-state index contributed by atoms with van der Waals surface area (Å²) in [5.74, 6) is -1.04.